The normalized spacial score (nSPS) is 10.3. The summed E-state index contributed by atoms with van der Waals surface area (Å²) in [4.78, 5) is 26.4. The van der Waals surface area contributed by atoms with E-state index in [-0.39, 0.29) is 12.3 Å². The van der Waals surface area contributed by atoms with Crippen LogP contribution in [-0.2, 0) is 22.4 Å². The van der Waals surface area contributed by atoms with Crippen LogP contribution in [0.25, 0.3) is 0 Å². The lowest BCUT2D eigenvalue weighted by atomic mass is 10.1. The Morgan fingerprint density at radius 1 is 1.14 bits per heavy atom. The fourth-order valence-electron chi connectivity index (χ4n) is 1.83. The minimum absolute atomic E-state index is 0.0523. The third-order valence-corrected chi connectivity index (χ3v) is 3.75. The number of carboxylic acids is 1. The Bertz CT molecular complexity index is 594. The van der Waals surface area contributed by atoms with Gasteiger partial charge in [-0.15, -0.1) is 11.3 Å². The Hall–Kier alpha value is -2.21. The minimum atomic E-state index is -0.811. The smallest absolute Gasteiger partial charge is 0.303 e. The van der Waals surface area contributed by atoms with Crippen LogP contribution >= 0.6 is 11.3 Å². The molecule has 1 heterocycles. The first kappa shape index (κ1) is 15.2. The van der Waals surface area contributed by atoms with E-state index in [1.165, 1.54) is 0 Å². The van der Waals surface area contributed by atoms with Crippen molar-refractivity contribution >= 4 is 28.9 Å². The van der Waals surface area contributed by atoms with Crippen LogP contribution in [0.2, 0.25) is 0 Å². The number of carbonyl (C=O) groups is 2. The highest BCUT2D eigenvalue weighted by Crippen LogP contribution is 2.12. The van der Waals surface area contributed by atoms with Crippen molar-refractivity contribution in [3.8, 4) is 0 Å². The van der Waals surface area contributed by atoms with Gasteiger partial charge in [0, 0.05) is 36.5 Å². The SMILES string of the molecule is O=C(O)CCc1ccc(NC(=O)CCc2nccs2)cc1. The van der Waals surface area contributed by atoms with Gasteiger partial charge in [0.05, 0.1) is 5.01 Å². The van der Waals surface area contributed by atoms with Gasteiger partial charge in [0.15, 0.2) is 0 Å². The fourth-order valence-corrected chi connectivity index (χ4v) is 2.45. The van der Waals surface area contributed by atoms with Crippen molar-refractivity contribution < 1.29 is 14.7 Å². The van der Waals surface area contributed by atoms with Crippen LogP contribution in [0.15, 0.2) is 35.8 Å². The molecule has 0 aliphatic rings. The van der Waals surface area contributed by atoms with Crippen molar-refractivity contribution in [2.75, 3.05) is 5.32 Å². The molecule has 5 nitrogen and oxygen atoms in total. The molecule has 2 rings (SSSR count). The quantitative estimate of drug-likeness (QED) is 0.824. The third-order valence-electron chi connectivity index (χ3n) is 2.91. The second kappa shape index (κ2) is 7.54. The zero-order chi connectivity index (χ0) is 15.1. The van der Waals surface area contributed by atoms with Crippen LogP contribution in [0.5, 0.6) is 0 Å². The molecule has 6 heteroatoms. The van der Waals surface area contributed by atoms with Crippen molar-refractivity contribution in [1.29, 1.82) is 0 Å². The van der Waals surface area contributed by atoms with Crippen molar-refractivity contribution in [2.24, 2.45) is 0 Å². The largest absolute Gasteiger partial charge is 0.481 e. The summed E-state index contributed by atoms with van der Waals surface area (Å²) < 4.78 is 0. The second-order valence-corrected chi connectivity index (χ2v) is 5.54. The molecule has 0 bridgehead atoms. The molecule has 2 aromatic rings. The van der Waals surface area contributed by atoms with Gasteiger partial charge in [-0.25, -0.2) is 4.98 Å². The number of aromatic nitrogens is 1. The number of nitrogens with one attached hydrogen (secondary N) is 1. The first-order valence-corrected chi connectivity index (χ1v) is 7.50. The lowest BCUT2D eigenvalue weighted by molar-refractivity contribution is -0.137. The van der Waals surface area contributed by atoms with Crippen molar-refractivity contribution in [3.63, 3.8) is 0 Å². The number of amides is 1. The molecule has 0 fully saturated rings. The molecular weight excluding hydrogens is 288 g/mol. The molecule has 0 aliphatic heterocycles. The van der Waals surface area contributed by atoms with Gasteiger partial charge >= 0.3 is 5.97 Å². The Morgan fingerprint density at radius 3 is 2.52 bits per heavy atom. The number of anilines is 1. The van der Waals surface area contributed by atoms with Gasteiger partial charge in [-0.05, 0) is 24.1 Å². The summed E-state index contributed by atoms with van der Waals surface area (Å²) in [6.07, 6.45) is 3.37. The van der Waals surface area contributed by atoms with Crippen LogP contribution in [0.3, 0.4) is 0 Å². The molecule has 2 N–H and O–H groups in total. The monoisotopic (exact) mass is 304 g/mol. The summed E-state index contributed by atoms with van der Waals surface area (Å²) in [6, 6.07) is 7.25. The Labute approximate surface area is 126 Å². The second-order valence-electron chi connectivity index (χ2n) is 4.56. The van der Waals surface area contributed by atoms with E-state index < -0.39 is 5.97 Å². The van der Waals surface area contributed by atoms with E-state index in [1.54, 1.807) is 29.7 Å². The molecule has 0 aliphatic carbocycles. The van der Waals surface area contributed by atoms with Gasteiger partial charge < -0.3 is 10.4 Å². The number of carboxylic acid groups (broad SMARTS) is 1. The minimum Gasteiger partial charge on any atom is -0.481 e. The first-order valence-electron chi connectivity index (χ1n) is 6.62. The molecule has 110 valence electrons. The maximum atomic E-state index is 11.8. The number of hydrogen-bond donors (Lipinski definition) is 2. The summed E-state index contributed by atoms with van der Waals surface area (Å²) in [5.41, 5.74) is 1.66. The van der Waals surface area contributed by atoms with E-state index in [9.17, 15) is 9.59 Å². The highest BCUT2D eigenvalue weighted by Gasteiger charge is 2.05. The maximum Gasteiger partial charge on any atom is 0.303 e. The zero-order valence-corrected chi connectivity index (χ0v) is 12.2. The molecule has 0 saturated carbocycles. The van der Waals surface area contributed by atoms with Gasteiger partial charge in [0.25, 0.3) is 0 Å². The van der Waals surface area contributed by atoms with Gasteiger partial charge in [0.1, 0.15) is 0 Å². The summed E-state index contributed by atoms with van der Waals surface area (Å²) in [5, 5.41) is 14.3. The molecule has 1 amide bonds. The molecule has 0 spiro atoms. The summed E-state index contributed by atoms with van der Waals surface area (Å²) in [7, 11) is 0. The Balaban J connectivity index is 1.79. The predicted octanol–water partition coefficient (Wildman–Crippen LogP) is 2.73. The maximum absolute atomic E-state index is 11.8. The molecule has 21 heavy (non-hydrogen) atoms. The summed E-state index contributed by atoms with van der Waals surface area (Å²) in [6.45, 7) is 0. The van der Waals surface area contributed by atoms with E-state index in [0.29, 0.717) is 19.3 Å². The highest BCUT2D eigenvalue weighted by molar-refractivity contribution is 7.09. The molecule has 0 saturated heterocycles. The van der Waals surface area contributed by atoms with E-state index in [4.69, 9.17) is 5.11 Å². The molecule has 0 atom stereocenters. The molecule has 0 radical (unpaired) electrons. The Morgan fingerprint density at radius 2 is 1.90 bits per heavy atom. The molecule has 1 aromatic heterocycles. The van der Waals surface area contributed by atoms with Crippen molar-refractivity contribution in [2.45, 2.75) is 25.7 Å². The number of aliphatic carboxylic acids is 1. The van der Waals surface area contributed by atoms with Crippen LogP contribution in [0, 0.1) is 0 Å². The summed E-state index contributed by atoms with van der Waals surface area (Å²) in [5.74, 6) is -0.863. The topological polar surface area (TPSA) is 79.3 Å². The van der Waals surface area contributed by atoms with Gasteiger partial charge in [-0.3, -0.25) is 9.59 Å². The standard InChI is InChI=1S/C15H16N2O3S/c18-13(6-7-14-16-9-10-21-14)17-12-4-1-11(2-5-12)3-8-15(19)20/h1-2,4-5,9-10H,3,6-8H2,(H,17,18)(H,19,20). The van der Waals surface area contributed by atoms with Gasteiger partial charge in [0.2, 0.25) is 5.91 Å². The van der Waals surface area contributed by atoms with Crippen LogP contribution < -0.4 is 5.32 Å². The first-order chi connectivity index (χ1) is 10.1. The third kappa shape index (κ3) is 5.35. The average molecular weight is 304 g/mol. The number of aryl methyl sites for hydroxylation is 2. The Kier molecular flexibility index (Phi) is 5.45. The van der Waals surface area contributed by atoms with Gasteiger partial charge in [-0.1, -0.05) is 12.1 Å². The lowest BCUT2D eigenvalue weighted by Crippen LogP contribution is -2.12. The number of carbonyl (C=O) groups excluding carboxylic acids is 1. The number of rotatable bonds is 7. The molecule has 1 aromatic carbocycles. The number of benzene rings is 1. The average Bonchev–Trinajstić information content (AvgIpc) is 2.98. The van der Waals surface area contributed by atoms with Crippen LogP contribution in [-0.4, -0.2) is 22.0 Å². The van der Waals surface area contributed by atoms with E-state index in [2.05, 4.69) is 10.3 Å². The van der Waals surface area contributed by atoms with E-state index in [1.807, 2.05) is 17.5 Å². The lowest BCUT2D eigenvalue weighted by Gasteiger charge is -2.05. The van der Waals surface area contributed by atoms with E-state index >= 15 is 0 Å². The number of thiazole rings is 1. The number of hydrogen-bond acceptors (Lipinski definition) is 4. The molecular formula is C15H16N2O3S. The van der Waals surface area contributed by atoms with Crippen LogP contribution in [0.4, 0.5) is 5.69 Å². The van der Waals surface area contributed by atoms with Crippen molar-refractivity contribution in [1.82, 2.24) is 4.98 Å². The molecule has 0 unspecified atom stereocenters. The zero-order valence-electron chi connectivity index (χ0n) is 11.4. The summed E-state index contributed by atoms with van der Waals surface area (Å²) >= 11 is 1.54. The highest BCUT2D eigenvalue weighted by atomic mass is 32.1. The number of nitrogens with zero attached hydrogens (tertiary/aromatic N) is 1. The predicted molar refractivity (Wildman–Crippen MR) is 81.5 cm³/mol. The van der Waals surface area contributed by atoms with E-state index in [0.717, 1.165) is 16.3 Å². The van der Waals surface area contributed by atoms with Crippen LogP contribution in [0.1, 0.15) is 23.4 Å². The van der Waals surface area contributed by atoms with Gasteiger partial charge in [-0.2, -0.15) is 0 Å². The fraction of sp³-hybridized carbons (Fsp3) is 0.267. The van der Waals surface area contributed by atoms with Crippen molar-refractivity contribution in [3.05, 3.63) is 46.4 Å².